The number of hydrogen-bond acceptors (Lipinski definition) is 3. The molecule has 106 valence electrons. The first-order valence-electron chi connectivity index (χ1n) is 6.68. The van der Waals surface area contributed by atoms with E-state index in [1.54, 1.807) is 18.9 Å². The molecule has 4 heteroatoms. The van der Waals surface area contributed by atoms with Gasteiger partial charge in [-0.3, -0.25) is 4.79 Å². The third-order valence-electron chi connectivity index (χ3n) is 2.85. The van der Waals surface area contributed by atoms with E-state index in [0.717, 1.165) is 23.5 Å². The number of carbonyl (C=O) groups is 1. The average Bonchev–Trinajstić information content (AvgIpc) is 2.39. The Labute approximate surface area is 120 Å². The number of ether oxygens (including phenoxy) is 1. The number of rotatable bonds is 7. The Balaban J connectivity index is 2.48. The van der Waals surface area contributed by atoms with Crippen molar-refractivity contribution in [2.45, 2.75) is 49.8 Å². The van der Waals surface area contributed by atoms with Gasteiger partial charge in [-0.15, -0.1) is 11.8 Å². The smallest absolute Gasteiger partial charge is 0.233 e. The zero-order chi connectivity index (χ0) is 14.3. The van der Waals surface area contributed by atoms with Crippen LogP contribution in [0.5, 0.6) is 5.75 Å². The van der Waals surface area contributed by atoms with Gasteiger partial charge in [-0.1, -0.05) is 13.3 Å². The van der Waals surface area contributed by atoms with Gasteiger partial charge in [0.1, 0.15) is 5.75 Å². The van der Waals surface area contributed by atoms with Gasteiger partial charge in [-0.05, 0) is 44.5 Å². The highest BCUT2D eigenvalue weighted by Gasteiger charge is 2.16. The van der Waals surface area contributed by atoms with Crippen LogP contribution < -0.4 is 10.1 Å². The van der Waals surface area contributed by atoms with Crippen LogP contribution in [0.1, 0.15) is 33.6 Å². The fourth-order valence-electron chi connectivity index (χ4n) is 1.78. The summed E-state index contributed by atoms with van der Waals surface area (Å²) in [5.41, 5.74) is 0. The minimum atomic E-state index is -0.0901. The molecule has 0 aliphatic heterocycles. The van der Waals surface area contributed by atoms with Gasteiger partial charge >= 0.3 is 0 Å². The zero-order valence-corrected chi connectivity index (χ0v) is 12.9. The lowest BCUT2D eigenvalue weighted by Gasteiger charge is -2.16. The van der Waals surface area contributed by atoms with Crippen molar-refractivity contribution in [1.82, 2.24) is 5.32 Å². The Bertz CT molecular complexity index is 392. The van der Waals surface area contributed by atoms with Crippen LogP contribution in [0.25, 0.3) is 0 Å². The lowest BCUT2D eigenvalue weighted by molar-refractivity contribution is -0.120. The van der Waals surface area contributed by atoms with Crippen LogP contribution >= 0.6 is 11.8 Å². The minimum absolute atomic E-state index is 0.0901. The van der Waals surface area contributed by atoms with Gasteiger partial charge in [0.05, 0.1) is 12.4 Å². The van der Waals surface area contributed by atoms with E-state index in [1.807, 2.05) is 38.1 Å². The van der Waals surface area contributed by atoms with Crippen molar-refractivity contribution in [2.24, 2.45) is 0 Å². The van der Waals surface area contributed by atoms with Crippen molar-refractivity contribution < 1.29 is 9.53 Å². The van der Waals surface area contributed by atoms with Crippen molar-refractivity contribution in [3.05, 3.63) is 24.3 Å². The van der Waals surface area contributed by atoms with E-state index in [-0.39, 0.29) is 17.2 Å². The van der Waals surface area contributed by atoms with Gasteiger partial charge in [0.25, 0.3) is 0 Å². The summed E-state index contributed by atoms with van der Waals surface area (Å²) in [4.78, 5) is 13.1. The molecule has 1 rings (SSSR count). The Morgan fingerprint density at radius 3 is 2.47 bits per heavy atom. The highest BCUT2D eigenvalue weighted by molar-refractivity contribution is 8.00. The van der Waals surface area contributed by atoms with Crippen LogP contribution in [0.2, 0.25) is 0 Å². The first-order valence-corrected chi connectivity index (χ1v) is 7.55. The SMILES string of the molecule is CCC[C@@H](C)NC(=O)[C@@H](C)Sc1ccc(OC)cc1. The summed E-state index contributed by atoms with van der Waals surface area (Å²) >= 11 is 1.56. The maximum Gasteiger partial charge on any atom is 0.233 e. The number of methoxy groups -OCH3 is 1. The molecule has 1 amide bonds. The molecule has 0 saturated carbocycles. The standard InChI is InChI=1S/C15H23NO2S/c1-5-6-11(2)16-15(17)12(3)19-14-9-7-13(18-4)8-10-14/h7-12H,5-6H2,1-4H3,(H,16,17)/t11-,12-/m1/s1. The number of nitrogens with one attached hydrogen (secondary N) is 1. The van der Waals surface area contributed by atoms with Crippen molar-refractivity contribution in [1.29, 1.82) is 0 Å². The van der Waals surface area contributed by atoms with Crippen LogP contribution in [0.4, 0.5) is 0 Å². The fourth-order valence-corrected chi connectivity index (χ4v) is 2.65. The van der Waals surface area contributed by atoms with Crippen molar-refractivity contribution in [3.63, 3.8) is 0 Å². The first kappa shape index (κ1) is 15.9. The molecule has 1 aromatic rings. The molecule has 19 heavy (non-hydrogen) atoms. The topological polar surface area (TPSA) is 38.3 Å². The molecular weight excluding hydrogens is 258 g/mol. The van der Waals surface area contributed by atoms with Crippen LogP contribution in [0.15, 0.2) is 29.2 Å². The van der Waals surface area contributed by atoms with Gasteiger partial charge in [0, 0.05) is 10.9 Å². The first-order chi connectivity index (χ1) is 9.06. The lowest BCUT2D eigenvalue weighted by Crippen LogP contribution is -2.37. The largest absolute Gasteiger partial charge is 0.497 e. The molecule has 3 nitrogen and oxygen atoms in total. The molecule has 0 aliphatic carbocycles. The quantitative estimate of drug-likeness (QED) is 0.778. The normalized spacial score (nSPS) is 13.7. The van der Waals surface area contributed by atoms with Gasteiger partial charge in [0.15, 0.2) is 0 Å². The van der Waals surface area contributed by atoms with E-state index in [9.17, 15) is 4.79 Å². The fraction of sp³-hybridized carbons (Fsp3) is 0.533. The molecule has 0 radical (unpaired) electrons. The second-order valence-electron chi connectivity index (χ2n) is 4.63. The summed E-state index contributed by atoms with van der Waals surface area (Å²) in [5, 5.41) is 2.95. The van der Waals surface area contributed by atoms with E-state index in [0.29, 0.717) is 0 Å². The monoisotopic (exact) mass is 281 g/mol. The molecule has 0 bridgehead atoms. The second kappa shape index (κ2) is 8.10. The summed E-state index contributed by atoms with van der Waals surface area (Å²) in [6.45, 7) is 6.10. The van der Waals surface area contributed by atoms with Crippen LogP contribution in [-0.2, 0) is 4.79 Å². The van der Waals surface area contributed by atoms with Gasteiger partial charge in [0.2, 0.25) is 5.91 Å². The minimum Gasteiger partial charge on any atom is -0.497 e. The van der Waals surface area contributed by atoms with E-state index < -0.39 is 0 Å². The number of hydrogen-bond donors (Lipinski definition) is 1. The molecule has 0 saturated heterocycles. The van der Waals surface area contributed by atoms with Crippen LogP contribution in [-0.4, -0.2) is 24.3 Å². The summed E-state index contributed by atoms with van der Waals surface area (Å²) in [7, 11) is 1.65. The lowest BCUT2D eigenvalue weighted by atomic mass is 10.2. The molecule has 1 N–H and O–H groups in total. The van der Waals surface area contributed by atoms with Crippen molar-refractivity contribution in [2.75, 3.05) is 7.11 Å². The molecule has 1 aromatic carbocycles. The van der Waals surface area contributed by atoms with E-state index in [4.69, 9.17) is 4.74 Å². The van der Waals surface area contributed by atoms with Gasteiger partial charge in [-0.2, -0.15) is 0 Å². The summed E-state index contributed by atoms with van der Waals surface area (Å²) in [5.74, 6) is 0.930. The Hall–Kier alpha value is -1.16. The van der Waals surface area contributed by atoms with Crippen molar-refractivity contribution >= 4 is 17.7 Å². The predicted octanol–water partition coefficient (Wildman–Crippen LogP) is 3.48. The molecule has 0 spiro atoms. The molecule has 0 aliphatic rings. The molecule has 0 unspecified atom stereocenters. The third-order valence-corrected chi connectivity index (χ3v) is 3.96. The molecule has 0 fully saturated rings. The number of benzene rings is 1. The van der Waals surface area contributed by atoms with Gasteiger partial charge in [-0.25, -0.2) is 0 Å². The van der Waals surface area contributed by atoms with Gasteiger partial charge < -0.3 is 10.1 Å². The van der Waals surface area contributed by atoms with Crippen LogP contribution in [0.3, 0.4) is 0 Å². The van der Waals surface area contributed by atoms with E-state index >= 15 is 0 Å². The summed E-state index contributed by atoms with van der Waals surface area (Å²) in [6, 6.07) is 8.02. The Morgan fingerprint density at radius 1 is 1.32 bits per heavy atom. The number of amides is 1. The summed E-state index contributed by atoms with van der Waals surface area (Å²) < 4.78 is 5.11. The maximum atomic E-state index is 12.0. The third kappa shape index (κ3) is 5.55. The van der Waals surface area contributed by atoms with Crippen LogP contribution in [0, 0.1) is 0 Å². The maximum absolute atomic E-state index is 12.0. The predicted molar refractivity (Wildman–Crippen MR) is 80.8 cm³/mol. The Morgan fingerprint density at radius 2 is 1.95 bits per heavy atom. The number of thioether (sulfide) groups is 1. The Kier molecular flexibility index (Phi) is 6.78. The molecule has 2 atom stereocenters. The van der Waals surface area contributed by atoms with E-state index in [2.05, 4.69) is 12.2 Å². The highest BCUT2D eigenvalue weighted by atomic mass is 32.2. The molecule has 0 heterocycles. The molecule has 0 aromatic heterocycles. The van der Waals surface area contributed by atoms with Crippen molar-refractivity contribution in [3.8, 4) is 5.75 Å². The molecular formula is C15H23NO2S. The highest BCUT2D eigenvalue weighted by Crippen LogP contribution is 2.25. The zero-order valence-electron chi connectivity index (χ0n) is 12.1. The second-order valence-corrected chi connectivity index (χ2v) is 6.05. The number of carbonyl (C=O) groups excluding carboxylic acids is 1. The summed E-state index contributed by atoms with van der Waals surface area (Å²) in [6.07, 6.45) is 2.10. The average molecular weight is 281 g/mol. The van der Waals surface area contributed by atoms with E-state index in [1.165, 1.54) is 0 Å².